The summed E-state index contributed by atoms with van der Waals surface area (Å²) >= 11 is 0. The number of carbonyl (C=O) groups is 4. The van der Waals surface area contributed by atoms with Gasteiger partial charge in [-0.25, -0.2) is 14.8 Å². The molecule has 16 nitrogen and oxygen atoms in total. The Bertz CT molecular complexity index is 1020. The van der Waals surface area contributed by atoms with Crippen LogP contribution in [-0.4, -0.2) is 85.9 Å². The number of aromatic amines is 2. The summed E-state index contributed by atoms with van der Waals surface area (Å²) in [6.07, 6.45) is 6.17. The zero-order valence-corrected chi connectivity index (χ0v) is 19.4. The minimum atomic E-state index is -1.26. The fourth-order valence-corrected chi connectivity index (χ4v) is 3.21. The molecule has 0 bridgehead atoms. The predicted molar refractivity (Wildman–Crippen MR) is 127 cm³/mol. The SMILES string of the molecule is NCC(=O)NC(Cc1cnc[nH]1)C(=O)NC(Cc1cnc[nH]1)C(=O)NC(CCCN=C(N)N)C(=O)O. The van der Waals surface area contributed by atoms with Crippen LogP contribution >= 0.6 is 0 Å². The Labute approximate surface area is 205 Å². The molecule has 12 N–H and O–H groups in total. The van der Waals surface area contributed by atoms with E-state index in [-0.39, 0.29) is 38.3 Å². The number of aliphatic carboxylic acids is 1. The van der Waals surface area contributed by atoms with E-state index in [0.717, 1.165) is 0 Å². The monoisotopic (exact) mass is 505 g/mol. The molecule has 0 aliphatic heterocycles. The number of aliphatic imine (C=N–C) groups is 1. The van der Waals surface area contributed by atoms with Crippen LogP contribution in [0.1, 0.15) is 24.2 Å². The standard InChI is InChI=1S/C20H31N11O5/c21-6-16(32)29-14(4-11-7-24-9-27-11)17(33)31-15(5-12-8-25-10-28-12)18(34)30-13(19(35)36)2-1-3-26-20(22)23/h7-10,13-15H,1-6,21H2,(H,24,27)(H,25,28)(H,29,32)(H,30,34)(H,31,33)(H,35,36)(H4,22,23,26). The first kappa shape index (κ1) is 27.8. The lowest BCUT2D eigenvalue weighted by atomic mass is 10.1. The van der Waals surface area contributed by atoms with E-state index in [2.05, 4.69) is 40.9 Å². The molecule has 3 unspecified atom stereocenters. The van der Waals surface area contributed by atoms with Gasteiger partial charge in [-0.05, 0) is 12.8 Å². The van der Waals surface area contributed by atoms with Crippen molar-refractivity contribution in [2.75, 3.05) is 13.1 Å². The highest BCUT2D eigenvalue weighted by atomic mass is 16.4. The lowest BCUT2D eigenvalue weighted by Crippen LogP contribution is -2.57. The van der Waals surface area contributed by atoms with E-state index in [4.69, 9.17) is 17.2 Å². The number of hydrogen-bond acceptors (Lipinski definition) is 8. The van der Waals surface area contributed by atoms with E-state index < -0.39 is 41.8 Å². The van der Waals surface area contributed by atoms with Gasteiger partial charge in [-0.2, -0.15) is 0 Å². The van der Waals surface area contributed by atoms with Crippen LogP contribution in [0.4, 0.5) is 0 Å². The number of carbonyl (C=O) groups excluding carboxylic acids is 3. The first-order chi connectivity index (χ1) is 17.2. The molecule has 36 heavy (non-hydrogen) atoms. The number of amides is 3. The first-order valence-corrected chi connectivity index (χ1v) is 11.0. The second-order valence-corrected chi connectivity index (χ2v) is 7.80. The van der Waals surface area contributed by atoms with Crippen molar-refractivity contribution >= 4 is 29.7 Å². The maximum absolute atomic E-state index is 13.1. The van der Waals surface area contributed by atoms with Crippen molar-refractivity contribution in [3.05, 3.63) is 36.4 Å². The number of aromatic nitrogens is 4. The van der Waals surface area contributed by atoms with Crippen LogP contribution in [0.5, 0.6) is 0 Å². The predicted octanol–water partition coefficient (Wildman–Crippen LogP) is -3.53. The molecule has 2 aromatic rings. The van der Waals surface area contributed by atoms with Gasteiger partial charge in [0.05, 0.1) is 19.2 Å². The van der Waals surface area contributed by atoms with Gasteiger partial charge in [0.15, 0.2) is 5.96 Å². The van der Waals surface area contributed by atoms with Crippen LogP contribution in [0, 0.1) is 0 Å². The Morgan fingerprint density at radius 3 is 1.89 bits per heavy atom. The van der Waals surface area contributed by atoms with Gasteiger partial charge < -0.3 is 48.2 Å². The van der Waals surface area contributed by atoms with Crippen molar-refractivity contribution in [3.8, 4) is 0 Å². The maximum Gasteiger partial charge on any atom is 0.326 e. The van der Waals surface area contributed by atoms with E-state index in [9.17, 15) is 24.3 Å². The fraction of sp³-hybridized carbons (Fsp3) is 0.450. The third kappa shape index (κ3) is 9.41. The number of carboxylic acid groups (broad SMARTS) is 1. The molecule has 2 rings (SSSR count). The molecule has 196 valence electrons. The third-order valence-electron chi connectivity index (χ3n) is 4.99. The number of rotatable bonds is 15. The number of imidazole rings is 2. The highest BCUT2D eigenvalue weighted by molar-refractivity contribution is 5.93. The normalized spacial score (nSPS) is 13.1. The molecule has 16 heteroatoms. The Morgan fingerprint density at radius 1 is 0.917 bits per heavy atom. The highest BCUT2D eigenvalue weighted by Gasteiger charge is 2.30. The van der Waals surface area contributed by atoms with Crippen LogP contribution in [0.3, 0.4) is 0 Å². The van der Waals surface area contributed by atoms with Crippen LogP contribution in [0.15, 0.2) is 30.0 Å². The minimum Gasteiger partial charge on any atom is -0.480 e. The van der Waals surface area contributed by atoms with Crippen LogP contribution in [0.2, 0.25) is 0 Å². The maximum atomic E-state index is 13.1. The molecule has 0 aliphatic carbocycles. The van der Waals surface area contributed by atoms with Gasteiger partial charge in [0, 0.05) is 43.2 Å². The topological polar surface area (TPSA) is 272 Å². The van der Waals surface area contributed by atoms with E-state index in [0.29, 0.717) is 17.8 Å². The molecule has 0 spiro atoms. The zero-order chi connectivity index (χ0) is 26.5. The Balaban J connectivity index is 2.15. The molecule has 3 atom stereocenters. The molecule has 2 aromatic heterocycles. The number of nitrogens with one attached hydrogen (secondary N) is 5. The average Bonchev–Trinajstić information content (AvgIpc) is 3.54. The third-order valence-corrected chi connectivity index (χ3v) is 4.99. The van der Waals surface area contributed by atoms with Crippen LogP contribution < -0.4 is 33.2 Å². The molecule has 0 aromatic carbocycles. The summed E-state index contributed by atoms with van der Waals surface area (Å²) in [6, 6.07) is -3.50. The smallest absolute Gasteiger partial charge is 0.326 e. The van der Waals surface area contributed by atoms with E-state index >= 15 is 0 Å². The van der Waals surface area contributed by atoms with Crippen LogP contribution in [-0.2, 0) is 32.0 Å². The molecule has 0 radical (unpaired) electrons. The Kier molecular flexibility index (Phi) is 10.8. The molecule has 0 saturated heterocycles. The van der Waals surface area contributed by atoms with Crippen molar-refractivity contribution in [2.24, 2.45) is 22.2 Å². The first-order valence-electron chi connectivity index (χ1n) is 11.0. The molecule has 2 heterocycles. The lowest BCUT2D eigenvalue weighted by Gasteiger charge is -2.24. The summed E-state index contributed by atoms with van der Waals surface area (Å²) < 4.78 is 0. The summed E-state index contributed by atoms with van der Waals surface area (Å²) in [7, 11) is 0. The van der Waals surface area contributed by atoms with Crippen molar-refractivity contribution < 1.29 is 24.3 Å². The van der Waals surface area contributed by atoms with Gasteiger partial charge in [-0.15, -0.1) is 0 Å². The fourth-order valence-electron chi connectivity index (χ4n) is 3.21. The number of carboxylic acids is 1. The van der Waals surface area contributed by atoms with Gasteiger partial charge in [-0.1, -0.05) is 0 Å². The number of nitrogens with two attached hydrogens (primary N) is 3. The van der Waals surface area contributed by atoms with Gasteiger partial charge in [0.1, 0.15) is 18.1 Å². The lowest BCUT2D eigenvalue weighted by molar-refractivity contribution is -0.142. The van der Waals surface area contributed by atoms with E-state index in [1.165, 1.54) is 25.0 Å². The van der Waals surface area contributed by atoms with Gasteiger partial charge >= 0.3 is 5.97 Å². The average molecular weight is 506 g/mol. The van der Waals surface area contributed by atoms with Gasteiger partial charge in [0.2, 0.25) is 17.7 Å². The second-order valence-electron chi connectivity index (χ2n) is 7.80. The Hall–Kier alpha value is -4.47. The van der Waals surface area contributed by atoms with Crippen molar-refractivity contribution in [2.45, 2.75) is 43.8 Å². The van der Waals surface area contributed by atoms with E-state index in [1.807, 2.05) is 0 Å². The zero-order valence-electron chi connectivity index (χ0n) is 19.4. The van der Waals surface area contributed by atoms with Crippen LogP contribution in [0.25, 0.3) is 0 Å². The number of hydrogen-bond donors (Lipinski definition) is 9. The van der Waals surface area contributed by atoms with Gasteiger partial charge in [-0.3, -0.25) is 19.4 Å². The summed E-state index contributed by atoms with van der Waals surface area (Å²) in [4.78, 5) is 67.0. The number of guanidine groups is 1. The largest absolute Gasteiger partial charge is 0.480 e. The molecular weight excluding hydrogens is 474 g/mol. The minimum absolute atomic E-state index is 0.0144. The van der Waals surface area contributed by atoms with Crippen molar-refractivity contribution in [1.82, 2.24) is 35.9 Å². The number of nitrogens with zero attached hydrogens (tertiary/aromatic N) is 3. The van der Waals surface area contributed by atoms with Gasteiger partial charge in [0.25, 0.3) is 0 Å². The molecule has 0 fully saturated rings. The highest BCUT2D eigenvalue weighted by Crippen LogP contribution is 2.05. The summed E-state index contributed by atoms with van der Waals surface area (Å²) in [6.45, 7) is -0.155. The summed E-state index contributed by atoms with van der Waals surface area (Å²) in [5, 5.41) is 17.1. The molecule has 0 aliphatic rings. The van der Waals surface area contributed by atoms with E-state index in [1.54, 1.807) is 0 Å². The second kappa shape index (κ2) is 14.1. The molecular formula is C20H31N11O5. The molecule has 3 amide bonds. The summed E-state index contributed by atoms with van der Waals surface area (Å²) in [5.74, 6) is -3.37. The summed E-state index contributed by atoms with van der Waals surface area (Å²) in [5.41, 5.74) is 17.0. The Morgan fingerprint density at radius 2 is 1.44 bits per heavy atom. The van der Waals surface area contributed by atoms with Crippen molar-refractivity contribution in [1.29, 1.82) is 0 Å². The quantitative estimate of drug-likeness (QED) is 0.0653. The number of H-pyrrole nitrogens is 2. The van der Waals surface area contributed by atoms with Crippen molar-refractivity contribution in [3.63, 3.8) is 0 Å². The molecule has 0 saturated carbocycles.